The van der Waals surface area contributed by atoms with Crippen molar-refractivity contribution in [3.63, 3.8) is 0 Å². The molecule has 0 unspecified atom stereocenters. The fourth-order valence-corrected chi connectivity index (χ4v) is 3.74. The molecule has 0 amide bonds. The van der Waals surface area contributed by atoms with Crippen molar-refractivity contribution in [1.82, 2.24) is 9.97 Å². The van der Waals surface area contributed by atoms with Gasteiger partial charge >= 0.3 is 0 Å². The van der Waals surface area contributed by atoms with Crippen LogP contribution in [0.1, 0.15) is 0 Å². The number of nitrogens with one attached hydrogen (secondary N) is 2. The molecular weight excluding hydrogens is 397 g/mol. The van der Waals surface area contributed by atoms with Gasteiger partial charge in [0.05, 0.1) is 5.69 Å². The minimum absolute atomic E-state index is 0.00262. The molecule has 0 spiro atoms. The lowest BCUT2D eigenvalue weighted by Crippen LogP contribution is -2.13. The second kappa shape index (κ2) is 5.53. The van der Waals surface area contributed by atoms with Crippen LogP contribution in [-0.2, 0) is 10.0 Å². The van der Waals surface area contributed by atoms with Crippen LogP contribution in [0.4, 0.5) is 10.1 Å². The van der Waals surface area contributed by atoms with E-state index in [1.165, 1.54) is 18.3 Å². The van der Waals surface area contributed by atoms with Crippen LogP contribution in [0.3, 0.4) is 0 Å². The molecule has 0 aliphatic rings. The van der Waals surface area contributed by atoms with Crippen molar-refractivity contribution in [2.75, 3.05) is 4.72 Å². The predicted molar refractivity (Wildman–Crippen MR) is 86.0 cm³/mol. The highest BCUT2D eigenvalue weighted by molar-refractivity contribution is 9.10. The van der Waals surface area contributed by atoms with Crippen molar-refractivity contribution >= 4 is 54.3 Å². The number of benzene rings is 1. The Labute approximate surface area is 138 Å². The Balaban J connectivity index is 2.07. The number of anilines is 1. The number of nitrogens with zero attached hydrogens (tertiary/aromatic N) is 1. The monoisotopic (exact) mass is 403 g/mol. The van der Waals surface area contributed by atoms with Crippen LogP contribution in [0.2, 0.25) is 5.02 Å². The van der Waals surface area contributed by atoms with E-state index in [4.69, 9.17) is 11.6 Å². The largest absolute Gasteiger partial charge is 0.345 e. The van der Waals surface area contributed by atoms with Crippen LogP contribution in [0.15, 0.2) is 46.0 Å². The molecule has 0 radical (unpaired) electrons. The normalized spacial score (nSPS) is 11.8. The lowest BCUT2D eigenvalue weighted by molar-refractivity contribution is 0.602. The maximum atomic E-state index is 13.4. The Morgan fingerprint density at radius 1 is 1.27 bits per heavy atom. The molecule has 5 nitrogen and oxygen atoms in total. The molecule has 2 N–H and O–H groups in total. The Hall–Kier alpha value is -1.64. The summed E-state index contributed by atoms with van der Waals surface area (Å²) in [6.45, 7) is 0. The third-order valence-electron chi connectivity index (χ3n) is 2.95. The van der Waals surface area contributed by atoms with E-state index in [9.17, 15) is 12.8 Å². The summed E-state index contributed by atoms with van der Waals surface area (Å²) in [5.41, 5.74) is 0.390. The Bertz CT molecular complexity index is 975. The number of aromatic amines is 1. The van der Waals surface area contributed by atoms with Crippen LogP contribution in [0, 0.1) is 5.82 Å². The van der Waals surface area contributed by atoms with Gasteiger partial charge in [0, 0.05) is 11.6 Å². The second-order valence-corrected chi connectivity index (χ2v) is 7.23. The molecule has 3 aromatic rings. The first kappa shape index (κ1) is 15.3. The van der Waals surface area contributed by atoms with Gasteiger partial charge in [-0.3, -0.25) is 4.72 Å². The number of fused-ring (bicyclic) bond motifs is 1. The Kier molecular flexibility index (Phi) is 3.84. The van der Waals surface area contributed by atoms with Gasteiger partial charge in [0.25, 0.3) is 10.0 Å². The highest BCUT2D eigenvalue weighted by Crippen LogP contribution is 2.29. The van der Waals surface area contributed by atoms with Gasteiger partial charge in [-0.2, -0.15) is 0 Å². The average Bonchev–Trinajstić information content (AvgIpc) is 2.87. The molecule has 0 fully saturated rings. The van der Waals surface area contributed by atoms with Crippen molar-refractivity contribution < 1.29 is 12.8 Å². The van der Waals surface area contributed by atoms with Crippen LogP contribution in [0.25, 0.3) is 11.0 Å². The van der Waals surface area contributed by atoms with Crippen molar-refractivity contribution in [3.05, 3.63) is 52.0 Å². The summed E-state index contributed by atoms with van der Waals surface area (Å²) < 4.78 is 41.2. The minimum Gasteiger partial charge on any atom is -0.345 e. The number of aromatic nitrogens is 2. The smallest absolute Gasteiger partial charge is 0.264 e. The molecule has 1 aromatic carbocycles. The van der Waals surface area contributed by atoms with Gasteiger partial charge in [-0.25, -0.2) is 17.8 Å². The summed E-state index contributed by atoms with van der Waals surface area (Å²) in [7, 11) is -3.94. The summed E-state index contributed by atoms with van der Waals surface area (Å²) in [6, 6.07) is 7.14. The van der Waals surface area contributed by atoms with Crippen LogP contribution in [0.5, 0.6) is 0 Å². The Morgan fingerprint density at radius 2 is 2.05 bits per heavy atom. The summed E-state index contributed by atoms with van der Waals surface area (Å²) in [5, 5.41) is 0.134. The third kappa shape index (κ3) is 2.69. The van der Waals surface area contributed by atoms with Gasteiger partial charge in [-0.1, -0.05) is 17.7 Å². The number of halogens is 3. The number of hydrogen-bond donors (Lipinski definition) is 2. The summed E-state index contributed by atoms with van der Waals surface area (Å²) in [5.74, 6) is -0.702. The predicted octanol–water partition coefficient (Wildman–Crippen LogP) is 3.92. The molecule has 3 rings (SSSR count). The van der Waals surface area contributed by atoms with E-state index in [-0.39, 0.29) is 15.6 Å². The molecule has 22 heavy (non-hydrogen) atoms. The van der Waals surface area contributed by atoms with Crippen molar-refractivity contribution in [1.29, 1.82) is 0 Å². The molecule has 0 saturated carbocycles. The van der Waals surface area contributed by atoms with Crippen molar-refractivity contribution in [2.24, 2.45) is 0 Å². The van der Waals surface area contributed by atoms with E-state index in [1.807, 2.05) is 0 Å². The highest BCUT2D eigenvalue weighted by atomic mass is 79.9. The first-order valence-electron chi connectivity index (χ1n) is 5.99. The zero-order chi connectivity index (χ0) is 15.9. The van der Waals surface area contributed by atoms with Crippen molar-refractivity contribution in [2.45, 2.75) is 4.90 Å². The second-order valence-electron chi connectivity index (χ2n) is 4.39. The molecule has 0 aliphatic carbocycles. The summed E-state index contributed by atoms with van der Waals surface area (Å²) in [6.07, 6.45) is 1.32. The van der Waals surface area contributed by atoms with Crippen LogP contribution < -0.4 is 4.72 Å². The highest BCUT2D eigenvalue weighted by Gasteiger charge is 2.21. The van der Waals surface area contributed by atoms with Gasteiger partial charge in [-0.05, 0) is 40.2 Å². The lowest BCUT2D eigenvalue weighted by Gasteiger charge is -2.09. The van der Waals surface area contributed by atoms with E-state index in [2.05, 4.69) is 30.6 Å². The van der Waals surface area contributed by atoms with Gasteiger partial charge in [-0.15, -0.1) is 0 Å². The van der Waals surface area contributed by atoms with E-state index in [1.54, 1.807) is 12.1 Å². The maximum Gasteiger partial charge on any atom is 0.264 e. The van der Waals surface area contributed by atoms with E-state index in [0.717, 1.165) is 6.07 Å². The number of hydrogen-bond acceptors (Lipinski definition) is 3. The molecule has 2 aromatic heterocycles. The van der Waals surface area contributed by atoms with E-state index >= 15 is 0 Å². The van der Waals surface area contributed by atoms with Crippen molar-refractivity contribution in [3.8, 4) is 0 Å². The molecule has 0 bridgehead atoms. The van der Waals surface area contributed by atoms with E-state index in [0.29, 0.717) is 15.6 Å². The zero-order valence-electron chi connectivity index (χ0n) is 10.8. The molecule has 0 saturated heterocycles. The zero-order valence-corrected chi connectivity index (χ0v) is 13.9. The van der Waals surface area contributed by atoms with E-state index < -0.39 is 15.8 Å². The Morgan fingerprint density at radius 3 is 2.82 bits per heavy atom. The minimum atomic E-state index is -3.94. The fourth-order valence-electron chi connectivity index (χ4n) is 1.96. The molecular formula is C13H8BrClFN3O2S. The number of sulfonamides is 1. The van der Waals surface area contributed by atoms with Gasteiger partial charge in [0.1, 0.15) is 26.0 Å². The number of H-pyrrole nitrogens is 1. The van der Waals surface area contributed by atoms with Crippen LogP contribution in [-0.4, -0.2) is 18.4 Å². The first-order valence-corrected chi connectivity index (χ1v) is 8.64. The summed E-state index contributed by atoms with van der Waals surface area (Å²) >= 11 is 8.98. The average molecular weight is 405 g/mol. The fraction of sp³-hybridized carbons (Fsp3) is 0. The van der Waals surface area contributed by atoms with Gasteiger partial charge in [0.2, 0.25) is 0 Å². The lowest BCUT2D eigenvalue weighted by atomic mass is 10.3. The van der Waals surface area contributed by atoms with Gasteiger partial charge in [0.15, 0.2) is 0 Å². The number of pyridine rings is 1. The quantitative estimate of drug-likeness (QED) is 0.650. The van der Waals surface area contributed by atoms with Gasteiger partial charge < -0.3 is 4.98 Å². The molecule has 0 aliphatic heterocycles. The maximum absolute atomic E-state index is 13.4. The molecule has 2 heterocycles. The number of rotatable bonds is 3. The summed E-state index contributed by atoms with van der Waals surface area (Å²) in [4.78, 5) is 6.91. The molecule has 9 heteroatoms. The topological polar surface area (TPSA) is 74.8 Å². The molecule has 114 valence electrons. The SMILES string of the molecule is O=S(=O)(Nc1cccc(F)c1Cl)c1c[nH]c2nc(Br)ccc12. The standard InChI is InChI=1S/C13H8BrClFN3O2S/c14-11-5-4-7-10(6-17-13(7)18-11)22(20,21)19-9-3-1-2-8(16)12(9)15/h1-6,19H,(H,17,18). The third-order valence-corrected chi connectivity index (χ3v) is 5.18. The van der Waals surface area contributed by atoms with Crippen LogP contribution >= 0.6 is 27.5 Å². The molecule has 0 atom stereocenters. The first-order chi connectivity index (χ1) is 10.4.